The van der Waals surface area contributed by atoms with Crippen molar-refractivity contribution < 1.29 is 14.4 Å². The molecule has 1 N–H and O–H groups in total. The third-order valence-corrected chi connectivity index (χ3v) is 7.04. The summed E-state index contributed by atoms with van der Waals surface area (Å²) in [4.78, 5) is 38.3. The molecule has 0 saturated carbocycles. The standard InChI is InChI=1S/C20H17N5O3S2/c21-9-12-5-7-13(8-6-12)11-29-20-24-23-19(30-20)22-16(26)10-25-17(27)14-3-1-2-4-15(14)18(25)28/h1-2,5-8,14-15H,3-4,10-11H2,(H,22,23,26)/t14-,15-/m1/s1. The average Bonchev–Trinajstić information content (AvgIpc) is 3.31. The number of aromatic nitrogens is 2. The molecule has 152 valence electrons. The number of nitrogens with one attached hydrogen (secondary N) is 1. The first-order valence-electron chi connectivity index (χ1n) is 9.30. The Morgan fingerprint density at radius 2 is 1.83 bits per heavy atom. The van der Waals surface area contributed by atoms with Crippen molar-refractivity contribution in [1.82, 2.24) is 15.1 Å². The highest BCUT2D eigenvalue weighted by molar-refractivity contribution is 8.00. The summed E-state index contributed by atoms with van der Waals surface area (Å²) in [5.41, 5.74) is 1.65. The predicted octanol–water partition coefficient (Wildman–Crippen LogP) is 2.59. The summed E-state index contributed by atoms with van der Waals surface area (Å²) >= 11 is 2.69. The van der Waals surface area contributed by atoms with E-state index in [1.54, 1.807) is 12.1 Å². The third-order valence-electron chi connectivity index (χ3n) is 5.00. The van der Waals surface area contributed by atoms with Gasteiger partial charge >= 0.3 is 0 Å². The Hall–Kier alpha value is -3.03. The van der Waals surface area contributed by atoms with Crippen LogP contribution in [0.3, 0.4) is 0 Å². The second-order valence-electron chi connectivity index (χ2n) is 6.94. The number of fused-ring (bicyclic) bond motifs is 1. The van der Waals surface area contributed by atoms with Crippen molar-refractivity contribution in [2.45, 2.75) is 22.9 Å². The highest BCUT2D eigenvalue weighted by Gasteiger charge is 2.47. The lowest BCUT2D eigenvalue weighted by molar-refractivity contribution is -0.142. The van der Waals surface area contributed by atoms with Gasteiger partial charge in [-0.1, -0.05) is 47.4 Å². The van der Waals surface area contributed by atoms with Crippen molar-refractivity contribution in [1.29, 1.82) is 5.26 Å². The maximum Gasteiger partial charge on any atom is 0.246 e. The summed E-state index contributed by atoms with van der Waals surface area (Å²) in [5.74, 6) is -1.06. The van der Waals surface area contributed by atoms with E-state index in [9.17, 15) is 14.4 Å². The summed E-state index contributed by atoms with van der Waals surface area (Å²) in [6.45, 7) is -0.308. The Balaban J connectivity index is 1.30. The Labute approximate surface area is 181 Å². The van der Waals surface area contributed by atoms with Gasteiger partial charge < -0.3 is 0 Å². The molecule has 30 heavy (non-hydrogen) atoms. The Morgan fingerprint density at radius 3 is 2.47 bits per heavy atom. The molecule has 1 aliphatic heterocycles. The van der Waals surface area contributed by atoms with Crippen molar-refractivity contribution in [3.8, 4) is 6.07 Å². The Bertz CT molecular complexity index is 1030. The van der Waals surface area contributed by atoms with E-state index < -0.39 is 5.91 Å². The fraction of sp³-hybridized carbons (Fsp3) is 0.300. The van der Waals surface area contributed by atoms with Crippen LogP contribution in [-0.2, 0) is 20.1 Å². The number of carbonyl (C=O) groups is 3. The molecule has 8 nitrogen and oxygen atoms in total. The molecule has 1 aliphatic carbocycles. The lowest BCUT2D eigenvalue weighted by atomic mass is 9.85. The number of carbonyl (C=O) groups excluding carboxylic acids is 3. The molecule has 0 unspecified atom stereocenters. The number of nitrogens with zero attached hydrogens (tertiary/aromatic N) is 4. The van der Waals surface area contributed by atoms with Crippen LogP contribution < -0.4 is 5.32 Å². The minimum atomic E-state index is -0.469. The lowest BCUT2D eigenvalue weighted by Gasteiger charge is -2.14. The Morgan fingerprint density at radius 1 is 1.17 bits per heavy atom. The number of hydrogen-bond donors (Lipinski definition) is 1. The fourth-order valence-electron chi connectivity index (χ4n) is 3.47. The first kappa shape index (κ1) is 20.3. The molecule has 1 saturated heterocycles. The van der Waals surface area contributed by atoms with E-state index in [1.807, 2.05) is 24.3 Å². The van der Waals surface area contributed by atoms with E-state index in [1.165, 1.54) is 23.1 Å². The smallest absolute Gasteiger partial charge is 0.246 e. The van der Waals surface area contributed by atoms with Crippen LogP contribution in [0.2, 0.25) is 0 Å². The summed E-state index contributed by atoms with van der Waals surface area (Å²) in [7, 11) is 0. The van der Waals surface area contributed by atoms with Crippen LogP contribution in [-0.4, -0.2) is 39.4 Å². The third kappa shape index (κ3) is 4.27. The molecule has 1 aromatic heterocycles. The van der Waals surface area contributed by atoms with Gasteiger partial charge in [0, 0.05) is 5.75 Å². The largest absolute Gasteiger partial charge is 0.299 e. The fourth-order valence-corrected chi connectivity index (χ4v) is 5.19. The quantitative estimate of drug-likeness (QED) is 0.318. The first-order valence-corrected chi connectivity index (χ1v) is 11.1. The maximum absolute atomic E-state index is 12.4. The minimum absolute atomic E-state index is 0.277. The van der Waals surface area contributed by atoms with Crippen LogP contribution >= 0.6 is 23.1 Å². The zero-order chi connectivity index (χ0) is 21.1. The molecular formula is C20H17N5O3S2. The van der Waals surface area contributed by atoms with Crippen LogP contribution in [0.5, 0.6) is 0 Å². The zero-order valence-corrected chi connectivity index (χ0v) is 17.4. The molecule has 2 atom stereocenters. The van der Waals surface area contributed by atoms with Crippen LogP contribution in [0.25, 0.3) is 0 Å². The summed E-state index contributed by atoms with van der Waals surface area (Å²) < 4.78 is 0.681. The summed E-state index contributed by atoms with van der Waals surface area (Å²) in [5, 5.41) is 19.8. The SMILES string of the molecule is N#Cc1ccc(CSc2nnc(NC(=O)CN3C(=O)[C@@H]4CC=CC[C@H]4C3=O)s2)cc1. The molecule has 0 radical (unpaired) electrons. The number of hydrogen-bond acceptors (Lipinski definition) is 8. The number of rotatable bonds is 6. The van der Waals surface area contributed by atoms with E-state index in [0.29, 0.717) is 33.6 Å². The number of benzene rings is 1. The number of imide groups is 1. The molecule has 0 spiro atoms. The van der Waals surface area contributed by atoms with Crippen LogP contribution in [0.15, 0.2) is 40.8 Å². The monoisotopic (exact) mass is 439 g/mol. The van der Waals surface area contributed by atoms with Gasteiger partial charge in [-0.2, -0.15) is 5.26 Å². The number of amides is 3. The highest BCUT2D eigenvalue weighted by Crippen LogP contribution is 2.35. The molecule has 0 bridgehead atoms. The molecule has 3 amide bonds. The van der Waals surface area contributed by atoms with E-state index in [2.05, 4.69) is 21.6 Å². The highest BCUT2D eigenvalue weighted by atomic mass is 32.2. The molecule has 2 heterocycles. The van der Waals surface area contributed by atoms with E-state index in [4.69, 9.17) is 5.26 Å². The van der Waals surface area contributed by atoms with Gasteiger partial charge in [0.25, 0.3) is 0 Å². The molecular weight excluding hydrogens is 422 g/mol. The van der Waals surface area contributed by atoms with Crippen molar-refractivity contribution in [3.63, 3.8) is 0 Å². The predicted molar refractivity (Wildman–Crippen MR) is 111 cm³/mol. The zero-order valence-electron chi connectivity index (χ0n) is 15.8. The molecule has 1 fully saturated rings. The van der Waals surface area contributed by atoms with Crippen LogP contribution in [0, 0.1) is 23.2 Å². The number of likely N-dealkylation sites (tertiary alicyclic amines) is 1. The van der Waals surface area contributed by atoms with Crippen LogP contribution in [0.1, 0.15) is 24.0 Å². The van der Waals surface area contributed by atoms with Gasteiger partial charge in [-0.25, -0.2) is 0 Å². The van der Waals surface area contributed by atoms with Gasteiger partial charge in [-0.3, -0.25) is 24.6 Å². The lowest BCUT2D eigenvalue weighted by Crippen LogP contribution is -2.38. The van der Waals surface area contributed by atoms with Gasteiger partial charge in [0.2, 0.25) is 22.9 Å². The normalized spacial score (nSPS) is 20.2. The van der Waals surface area contributed by atoms with E-state index in [-0.39, 0.29) is 30.2 Å². The molecule has 2 aromatic rings. The Kier molecular flexibility index (Phi) is 5.92. The summed E-state index contributed by atoms with van der Waals surface area (Å²) in [6.07, 6.45) is 4.91. The van der Waals surface area contributed by atoms with E-state index in [0.717, 1.165) is 10.5 Å². The summed E-state index contributed by atoms with van der Waals surface area (Å²) in [6, 6.07) is 9.36. The van der Waals surface area contributed by atoms with Gasteiger partial charge in [0.05, 0.1) is 23.5 Å². The van der Waals surface area contributed by atoms with Crippen LogP contribution in [0.4, 0.5) is 5.13 Å². The van der Waals surface area contributed by atoms with Gasteiger partial charge in [0.1, 0.15) is 6.54 Å². The number of allylic oxidation sites excluding steroid dienone is 2. The number of nitriles is 1. The topological polar surface area (TPSA) is 116 Å². The van der Waals surface area contributed by atoms with Gasteiger partial charge in [-0.05, 0) is 30.5 Å². The minimum Gasteiger partial charge on any atom is -0.299 e. The molecule has 1 aromatic carbocycles. The molecule has 10 heteroatoms. The van der Waals surface area contributed by atoms with Gasteiger partial charge in [0.15, 0.2) is 4.34 Å². The van der Waals surface area contributed by atoms with Crippen molar-refractivity contribution in [3.05, 3.63) is 47.5 Å². The van der Waals surface area contributed by atoms with Crippen molar-refractivity contribution >= 4 is 46.0 Å². The van der Waals surface area contributed by atoms with Gasteiger partial charge in [-0.15, -0.1) is 10.2 Å². The maximum atomic E-state index is 12.4. The first-order chi connectivity index (χ1) is 14.5. The molecule has 4 rings (SSSR count). The van der Waals surface area contributed by atoms with Crippen molar-refractivity contribution in [2.75, 3.05) is 11.9 Å². The number of thioether (sulfide) groups is 1. The van der Waals surface area contributed by atoms with Crippen molar-refractivity contribution in [2.24, 2.45) is 11.8 Å². The second kappa shape index (κ2) is 8.77. The molecule has 2 aliphatic rings. The average molecular weight is 440 g/mol. The number of anilines is 1. The van der Waals surface area contributed by atoms with E-state index >= 15 is 0 Å². The second-order valence-corrected chi connectivity index (χ2v) is 9.14.